The SMILES string of the molecule is CC(C)C[C@H](NC(=O)c1cccnc1)C(=O)N[C@@H](CCCCN)C(=O)O. The number of aliphatic carboxylic acids is 1. The number of carbonyl (C=O) groups is 3. The molecule has 144 valence electrons. The number of amides is 2. The topological polar surface area (TPSA) is 134 Å². The molecule has 2 amide bonds. The Morgan fingerprint density at radius 2 is 1.92 bits per heavy atom. The molecule has 0 radical (unpaired) electrons. The first-order chi connectivity index (χ1) is 12.3. The molecule has 2 atom stereocenters. The maximum absolute atomic E-state index is 12.6. The number of hydrogen-bond acceptors (Lipinski definition) is 5. The minimum Gasteiger partial charge on any atom is -0.480 e. The molecule has 5 N–H and O–H groups in total. The summed E-state index contributed by atoms with van der Waals surface area (Å²) in [6.07, 6.45) is 4.94. The minimum absolute atomic E-state index is 0.139. The fourth-order valence-corrected chi connectivity index (χ4v) is 2.46. The average Bonchev–Trinajstić information content (AvgIpc) is 2.60. The summed E-state index contributed by atoms with van der Waals surface area (Å²) in [7, 11) is 0. The lowest BCUT2D eigenvalue weighted by Crippen LogP contribution is -2.52. The highest BCUT2D eigenvalue weighted by Crippen LogP contribution is 2.08. The van der Waals surface area contributed by atoms with Gasteiger partial charge in [0.2, 0.25) is 5.91 Å². The van der Waals surface area contributed by atoms with Crippen molar-refractivity contribution in [1.29, 1.82) is 0 Å². The molecular formula is C18H28N4O4. The number of rotatable bonds is 11. The van der Waals surface area contributed by atoms with Gasteiger partial charge >= 0.3 is 5.97 Å². The number of aromatic nitrogens is 1. The first kappa shape index (κ1) is 21.6. The Kier molecular flexibility index (Phi) is 9.29. The van der Waals surface area contributed by atoms with E-state index < -0.39 is 29.9 Å². The van der Waals surface area contributed by atoms with Crippen molar-refractivity contribution in [3.63, 3.8) is 0 Å². The molecule has 1 aromatic rings. The van der Waals surface area contributed by atoms with Crippen LogP contribution in [0.3, 0.4) is 0 Å². The van der Waals surface area contributed by atoms with Gasteiger partial charge in [-0.25, -0.2) is 4.79 Å². The molecule has 1 rings (SSSR count). The molecule has 0 aromatic carbocycles. The van der Waals surface area contributed by atoms with Crippen molar-refractivity contribution >= 4 is 17.8 Å². The van der Waals surface area contributed by atoms with Crippen molar-refractivity contribution in [3.05, 3.63) is 30.1 Å². The number of nitrogens with two attached hydrogens (primary N) is 1. The van der Waals surface area contributed by atoms with Crippen molar-refractivity contribution in [2.75, 3.05) is 6.54 Å². The Bertz CT molecular complexity index is 592. The second-order valence-electron chi connectivity index (χ2n) is 6.58. The zero-order chi connectivity index (χ0) is 19.5. The van der Waals surface area contributed by atoms with E-state index in [1.807, 2.05) is 13.8 Å². The largest absolute Gasteiger partial charge is 0.480 e. The second-order valence-corrected chi connectivity index (χ2v) is 6.58. The van der Waals surface area contributed by atoms with Crippen LogP contribution in [-0.2, 0) is 9.59 Å². The van der Waals surface area contributed by atoms with Crippen molar-refractivity contribution in [3.8, 4) is 0 Å². The molecule has 0 saturated carbocycles. The highest BCUT2D eigenvalue weighted by molar-refractivity contribution is 5.97. The first-order valence-electron chi connectivity index (χ1n) is 8.79. The Morgan fingerprint density at radius 1 is 1.19 bits per heavy atom. The van der Waals surface area contributed by atoms with E-state index in [9.17, 15) is 19.5 Å². The molecule has 1 aromatic heterocycles. The van der Waals surface area contributed by atoms with E-state index in [2.05, 4.69) is 15.6 Å². The fraction of sp³-hybridized carbons (Fsp3) is 0.556. The molecule has 0 spiro atoms. The van der Waals surface area contributed by atoms with E-state index in [1.165, 1.54) is 6.20 Å². The molecule has 0 aliphatic carbocycles. The minimum atomic E-state index is -1.10. The van der Waals surface area contributed by atoms with Gasteiger partial charge in [0.15, 0.2) is 0 Å². The third kappa shape index (κ3) is 7.60. The smallest absolute Gasteiger partial charge is 0.326 e. The van der Waals surface area contributed by atoms with Gasteiger partial charge in [-0.3, -0.25) is 14.6 Å². The first-order valence-corrected chi connectivity index (χ1v) is 8.79. The lowest BCUT2D eigenvalue weighted by atomic mass is 10.0. The summed E-state index contributed by atoms with van der Waals surface area (Å²) in [6, 6.07) is 1.40. The Labute approximate surface area is 153 Å². The average molecular weight is 364 g/mol. The van der Waals surface area contributed by atoms with Crippen LogP contribution in [0.1, 0.15) is 49.9 Å². The summed E-state index contributed by atoms with van der Waals surface area (Å²) in [5, 5.41) is 14.5. The standard InChI is InChI=1S/C18H28N4O4/c1-12(2)10-15(22-16(23)13-6-5-9-20-11-13)17(24)21-14(18(25)26)7-3-4-8-19/h5-6,9,11-12,14-15H,3-4,7-8,10,19H2,1-2H3,(H,21,24)(H,22,23)(H,25,26)/t14-,15-/m0/s1. The van der Waals surface area contributed by atoms with Crippen molar-refractivity contribution in [2.45, 2.75) is 51.6 Å². The quantitative estimate of drug-likeness (QED) is 0.431. The van der Waals surface area contributed by atoms with Crippen LogP contribution < -0.4 is 16.4 Å². The molecule has 26 heavy (non-hydrogen) atoms. The number of nitrogens with zero attached hydrogens (tertiary/aromatic N) is 1. The maximum Gasteiger partial charge on any atom is 0.326 e. The van der Waals surface area contributed by atoms with E-state index in [0.717, 1.165) is 0 Å². The van der Waals surface area contributed by atoms with Gasteiger partial charge in [0.05, 0.1) is 5.56 Å². The van der Waals surface area contributed by atoms with E-state index in [-0.39, 0.29) is 5.92 Å². The number of carbonyl (C=O) groups excluding carboxylic acids is 2. The Hall–Kier alpha value is -2.48. The van der Waals surface area contributed by atoms with Gasteiger partial charge in [0.1, 0.15) is 12.1 Å². The van der Waals surface area contributed by atoms with Gasteiger partial charge in [-0.2, -0.15) is 0 Å². The summed E-state index contributed by atoms with van der Waals surface area (Å²) < 4.78 is 0. The zero-order valence-corrected chi connectivity index (χ0v) is 15.3. The van der Waals surface area contributed by atoms with E-state index in [0.29, 0.717) is 37.8 Å². The van der Waals surface area contributed by atoms with Crippen LogP contribution in [0, 0.1) is 5.92 Å². The molecule has 8 heteroatoms. The number of pyridine rings is 1. The molecule has 8 nitrogen and oxygen atoms in total. The monoisotopic (exact) mass is 364 g/mol. The number of unbranched alkanes of at least 4 members (excludes halogenated alkanes) is 1. The van der Waals surface area contributed by atoms with Gasteiger partial charge in [-0.15, -0.1) is 0 Å². The molecule has 0 unspecified atom stereocenters. The lowest BCUT2D eigenvalue weighted by Gasteiger charge is -2.22. The number of hydrogen-bond donors (Lipinski definition) is 4. The predicted molar refractivity (Wildman–Crippen MR) is 97.4 cm³/mol. The normalized spacial score (nSPS) is 13.1. The van der Waals surface area contributed by atoms with Crippen LogP contribution in [0.2, 0.25) is 0 Å². The fourth-order valence-electron chi connectivity index (χ4n) is 2.46. The summed E-state index contributed by atoms with van der Waals surface area (Å²) in [5.74, 6) is -1.89. The predicted octanol–water partition coefficient (Wildman–Crippen LogP) is 0.925. The Balaban J connectivity index is 2.78. The van der Waals surface area contributed by atoms with Crippen molar-refractivity contribution < 1.29 is 19.5 Å². The van der Waals surface area contributed by atoms with Gasteiger partial charge in [0, 0.05) is 12.4 Å². The third-order valence-electron chi connectivity index (χ3n) is 3.81. The molecule has 0 bridgehead atoms. The van der Waals surface area contributed by atoms with Gasteiger partial charge in [-0.05, 0) is 50.3 Å². The molecule has 0 aliphatic heterocycles. The molecule has 0 fully saturated rings. The van der Waals surface area contributed by atoms with Crippen molar-refractivity contribution in [1.82, 2.24) is 15.6 Å². The molecule has 0 saturated heterocycles. The van der Waals surface area contributed by atoms with Crippen molar-refractivity contribution in [2.24, 2.45) is 11.7 Å². The summed E-state index contributed by atoms with van der Waals surface area (Å²) >= 11 is 0. The van der Waals surface area contributed by atoms with Crippen LogP contribution in [-0.4, -0.2) is 46.5 Å². The Morgan fingerprint density at radius 3 is 2.46 bits per heavy atom. The number of nitrogens with one attached hydrogen (secondary N) is 2. The molecule has 0 aliphatic rings. The number of carboxylic acid groups (broad SMARTS) is 1. The van der Waals surface area contributed by atoms with Crippen LogP contribution >= 0.6 is 0 Å². The highest BCUT2D eigenvalue weighted by Gasteiger charge is 2.27. The summed E-state index contributed by atoms with van der Waals surface area (Å²) in [5.41, 5.74) is 5.76. The lowest BCUT2D eigenvalue weighted by molar-refractivity contribution is -0.142. The zero-order valence-electron chi connectivity index (χ0n) is 15.3. The van der Waals surface area contributed by atoms with Crippen LogP contribution in [0.4, 0.5) is 0 Å². The summed E-state index contributed by atoms with van der Waals surface area (Å²) in [4.78, 5) is 40.1. The van der Waals surface area contributed by atoms with Crippen LogP contribution in [0.5, 0.6) is 0 Å². The highest BCUT2D eigenvalue weighted by atomic mass is 16.4. The van der Waals surface area contributed by atoms with E-state index >= 15 is 0 Å². The van der Waals surface area contributed by atoms with Gasteiger partial charge in [0.25, 0.3) is 5.91 Å². The maximum atomic E-state index is 12.6. The van der Waals surface area contributed by atoms with Gasteiger partial charge in [-0.1, -0.05) is 13.8 Å². The van der Waals surface area contributed by atoms with E-state index in [1.54, 1.807) is 18.3 Å². The molecule has 1 heterocycles. The summed E-state index contributed by atoms with van der Waals surface area (Å²) in [6.45, 7) is 4.32. The second kappa shape index (κ2) is 11.2. The number of carboxylic acids is 1. The van der Waals surface area contributed by atoms with Crippen LogP contribution in [0.25, 0.3) is 0 Å². The third-order valence-corrected chi connectivity index (χ3v) is 3.81. The molecular weight excluding hydrogens is 336 g/mol. The van der Waals surface area contributed by atoms with E-state index in [4.69, 9.17) is 5.73 Å². The van der Waals surface area contributed by atoms with Crippen LogP contribution in [0.15, 0.2) is 24.5 Å². The van der Waals surface area contributed by atoms with Gasteiger partial charge < -0.3 is 21.5 Å².